The number of nitrogens with zero attached hydrogens (tertiary/aromatic N) is 2. The number of ether oxygens (including phenoxy) is 1. The van der Waals surface area contributed by atoms with Crippen molar-refractivity contribution in [1.82, 2.24) is 0 Å². The normalized spacial score (nSPS) is 21.8. The van der Waals surface area contributed by atoms with Gasteiger partial charge in [-0.1, -0.05) is 62.4 Å². The van der Waals surface area contributed by atoms with Crippen LogP contribution in [0, 0.1) is 5.41 Å². The SMILES string of the molecule is CC1(C)CN=C2N(C1)c1ccccc1C2(O)CCCCOCc1ccccc1.Cl. The lowest BCUT2D eigenvalue weighted by Gasteiger charge is -2.37. The minimum atomic E-state index is -0.980. The van der Waals surface area contributed by atoms with Crippen LogP contribution >= 0.6 is 12.4 Å². The molecule has 5 heteroatoms. The Morgan fingerprint density at radius 2 is 1.76 bits per heavy atom. The van der Waals surface area contributed by atoms with E-state index >= 15 is 0 Å². The van der Waals surface area contributed by atoms with Crippen LogP contribution in [0.3, 0.4) is 0 Å². The fourth-order valence-corrected chi connectivity index (χ4v) is 4.26. The molecule has 0 aromatic heterocycles. The van der Waals surface area contributed by atoms with Gasteiger partial charge in [0.05, 0.1) is 6.61 Å². The summed E-state index contributed by atoms with van der Waals surface area (Å²) >= 11 is 0. The molecule has 1 N–H and O–H groups in total. The van der Waals surface area contributed by atoms with Crippen LogP contribution in [0.4, 0.5) is 5.69 Å². The smallest absolute Gasteiger partial charge is 0.149 e. The second-order valence-corrected chi connectivity index (χ2v) is 8.76. The van der Waals surface area contributed by atoms with E-state index in [1.165, 1.54) is 5.56 Å². The zero-order valence-corrected chi connectivity index (χ0v) is 18.1. The fraction of sp³-hybridized carbons (Fsp3) is 0.458. The van der Waals surface area contributed by atoms with Crippen molar-refractivity contribution in [3.05, 3.63) is 65.7 Å². The quantitative estimate of drug-likeness (QED) is 0.652. The lowest BCUT2D eigenvalue weighted by Crippen LogP contribution is -2.48. The molecule has 2 aromatic carbocycles. The number of rotatable bonds is 7. The van der Waals surface area contributed by atoms with E-state index in [0.29, 0.717) is 19.6 Å². The molecule has 0 fully saturated rings. The second kappa shape index (κ2) is 8.86. The zero-order chi connectivity index (χ0) is 19.6. The second-order valence-electron chi connectivity index (χ2n) is 8.76. The molecule has 4 nitrogen and oxygen atoms in total. The van der Waals surface area contributed by atoms with E-state index in [4.69, 9.17) is 9.73 Å². The third kappa shape index (κ3) is 4.50. The minimum Gasteiger partial charge on any atom is -0.377 e. The van der Waals surface area contributed by atoms with Crippen molar-refractivity contribution >= 4 is 23.9 Å². The number of unbranched alkanes of at least 4 members (excludes halogenated alkanes) is 1. The van der Waals surface area contributed by atoms with E-state index in [9.17, 15) is 5.11 Å². The number of aliphatic imine (C=N–C) groups is 1. The zero-order valence-electron chi connectivity index (χ0n) is 17.3. The molecule has 0 bridgehead atoms. The first-order valence-corrected chi connectivity index (χ1v) is 10.3. The maximum absolute atomic E-state index is 11.6. The van der Waals surface area contributed by atoms with Crippen LogP contribution in [-0.4, -0.2) is 30.6 Å². The summed E-state index contributed by atoms with van der Waals surface area (Å²) in [6.07, 6.45) is 2.50. The molecule has 2 heterocycles. The van der Waals surface area contributed by atoms with Crippen molar-refractivity contribution in [3.63, 3.8) is 0 Å². The van der Waals surface area contributed by atoms with Gasteiger partial charge in [0.2, 0.25) is 0 Å². The molecule has 0 spiro atoms. The molecular weight excluding hydrogens is 384 g/mol. The third-order valence-electron chi connectivity index (χ3n) is 5.70. The first-order valence-electron chi connectivity index (χ1n) is 10.3. The van der Waals surface area contributed by atoms with Crippen LogP contribution in [0.25, 0.3) is 0 Å². The van der Waals surface area contributed by atoms with Crippen LogP contribution in [-0.2, 0) is 16.9 Å². The van der Waals surface area contributed by atoms with Crippen LogP contribution in [0.15, 0.2) is 59.6 Å². The maximum atomic E-state index is 11.6. The van der Waals surface area contributed by atoms with Gasteiger partial charge in [-0.3, -0.25) is 4.99 Å². The number of anilines is 1. The van der Waals surface area contributed by atoms with Gasteiger partial charge in [0.15, 0.2) is 0 Å². The first kappa shape index (κ1) is 21.8. The minimum absolute atomic E-state index is 0. The van der Waals surface area contributed by atoms with Crippen molar-refractivity contribution in [2.24, 2.45) is 10.4 Å². The lowest BCUT2D eigenvalue weighted by atomic mass is 9.87. The fourth-order valence-electron chi connectivity index (χ4n) is 4.26. The van der Waals surface area contributed by atoms with Gasteiger partial charge in [0.1, 0.15) is 11.4 Å². The van der Waals surface area contributed by atoms with E-state index < -0.39 is 5.60 Å². The Morgan fingerprint density at radius 1 is 1.03 bits per heavy atom. The molecule has 0 saturated carbocycles. The van der Waals surface area contributed by atoms with Gasteiger partial charge in [-0.25, -0.2) is 0 Å². The predicted molar refractivity (Wildman–Crippen MR) is 121 cm³/mol. The highest BCUT2D eigenvalue weighted by molar-refractivity contribution is 6.10. The summed E-state index contributed by atoms with van der Waals surface area (Å²) in [5.74, 6) is 0.832. The van der Waals surface area contributed by atoms with E-state index in [0.717, 1.165) is 43.0 Å². The number of hydrogen-bond acceptors (Lipinski definition) is 4. The number of aliphatic hydroxyl groups is 1. The lowest BCUT2D eigenvalue weighted by molar-refractivity contribution is 0.0860. The number of halogens is 1. The van der Waals surface area contributed by atoms with Gasteiger partial charge in [0, 0.05) is 36.4 Å². The summed E-state index contributed by atoms with van der Waals surface area (Å²) in [4.78, 5) is 7.06. The van der Waals surface area contributed by atoms with Crippen molar-refractivity contribution in [3.8, 4) is 0 Å². The summed E-state index contributed by atoms with van der Waals surface area (Å²) in [5, 5.41) is 11.6. The molecule has 0 radical (unpaired) electrons. The van der Waals surface area contributed by atoms with Gasteiger partial charge < -0.3 is 14.7 Å². The van der Waals surface area contributed by atoms with E-state index in [1.807, 2.05) is 30.3 Å². The molecule has 2 aliphatic rings. The molecule has 0 saturated heterocycles. The van der Waals surface area contributed by atoms with E-state index in [1.54, 1.807) is 0 Å². The topological polar surface area (TPSA) is 45.1 Å². The Morgan fingerprint density at radius 3 is 2.55 bits per heavy atom. The third-order valence-corrected chi connectivity index (χ3v) is 5.70. The Kier molecular flexibility index (Phi) is 6.67. The van der Waals surface area contributed by atoms with Crippen molar-refractivity contribution in [1.29, 1.82) is 0 Å². The average molecular weight is 415 g/mol. The largest absolute Gasteiger partial charge is 0.377 e. The van der Waals surface area contributed by atoms with E-state index in [2.05, 4.69) is 43.0 Å². The van der Waals surface area contributed by atoms with Gasteiger partial charge in [0.25, 0.3) is 0 Å². The molecular formula is C24H31ClN2O2. The highest BCUT2D eigenvalue weighted by Gasteiger charge is 2.49. The number of hydrogen-bond donors (Lipinski definition) is 1. The molecule has 0 aliphatic carbocycles. The highest BCUT2D eigenvalue weighted by atomic mass is 35.5. The number of benzene rings is 2. The molecule has 2 aromatic rings. The van der Waals surface area contributed by atoms with Crippen molar-refractivity contribution < 1.29 is 9.84 Å². The molecule has 0 amide bonds. The summed E-state index contributed by atoms with van der Waals surface area (Å²) in [5.41, 5.74) is 2.44. The maximum Gasteiger partial charge on any atom is 0.149 e. The summed E-state index contributed by atoms with van der Waals surface area (Å²) in [6.45, 7) is 7.47. The standard InChI is InChI=1S/C24H30N2O2.ClH/c1-23(2)17-25-22-24(27,20-12-6-7-13-21(20)26(22)18-23)14-8-9-15-28-16-19-10-4-3-5-11-19;/h3-7,10-13,27H,8-9,14-18H2,1-2H3;1H. The van der Waals surface area contributed by atoms with Gasteiger partial charge in [-0.2, -0.15) is 0 Å². The molecule has 1 unspecified atom stereocenters. The van der Waals surface area contributed by atoms with Gasteiger partial charge in [-0.15, -0.1) is 12.4 Å². The molecule has 156 valence electrons. The van der Waals surface area contributed by atoms with Gasteiger partial charge in [-0.05, 0) is 30.9 Å². The Balaban J connectivity index is 0.00000240. The summed E-state index contributed by atoms with van der Waals surface area (Å²) in [7, 11) is 0. The van der Waals surface area contributed by atoms with Crippen LogP contribution in [0.2, 0.25) is 0 Å². The highest BCUT2D eigenvalue weighted by Crippen LogP contribution is 2.46. The predicted octanol–water partition coefficient (Wildman–Crippen LogP) is 4.94. The van der Waals surface area contributed by atoms with E-state index in [-0.39, 0.29) is 17.8 Å². The number of para-hydroxylation sites is 1. The molecule has 1 atom stereocenters. The summed E-state index contributed by atoms with van der Waals surface area (Å²) < 4.78 is 5.80. The van der Waals surface area contributed by atoms with Crippen LogP contribution < -0.4 is 4.90 Å². The van der Waals surface area contributed by atoms with Crippen LogP contribution in [0.5, 0.6) is 0 Å². The van der Waals surface area contributed by atoms with Crippen molar-refractivity contribution in [2.45, 2.75) is 45.3 Å². The Bertz CT molecular complexity index is 853. The molecule has 2 aliphatic heterocycles. The monoisotopic (exact) mass is 414 g/mol. The van der Waals surface area contributed by atoms with Crippen molar-refractivity contribution in [2.75, 3.05) is 24.6 Å². The average Bonchev–Trinajstić information content (AvgIpc) is 2.93. The number of amidine groups is 1. The Labute approximate surface area is 180 Å². The van der Waals surface area contributed by atoms with Crippen LogP contribution in [0.1, 0.15) is 44.2 Å². The van der Waals surface area contributed by atoms with Gasteiger partial charge >= 0.3 is 0 Å². The molecule has 4 rings (SSSR count). The summed E-state index contributed by atoms with van der Waals surface area (Å²) in [6, 6.07) is 18.4. The first-order chi connectivity index (χ1) is 13.5. The molecule has 29 heavy (non-hydrogen) atoms. The number of fused-ring (bicyclic) bond motifs is 3. The Hall–Kier alpha value is -1.88.